The van der Waals surface area contributed by atoms with Crippen molar-refractivity contribution in [1.29, 1.82) is 0 Å². The van der Waals surface area contributed by atoms with E-state index in [1.54, 1.807) is 18.5 Å². The number of halogens is 2. The maximum absolute atomic E-state index is 13.2. The van der Waals surface area contributed by atoms with Gasteiger partial charge in [-0.15, -0.1) is 0 Å². The Hall–Kier alpha value is -1.49. The molecule has 18 heavy (non-hydrogen) atoms. The molecule has 2 rings (SSSR count). The van der Waals surface area contributed by atoms with E-state index in [0.29, 0.717) is 12.5 Å². The Morgan fingerprint density at radius 1 is 1.28 bits per heavy atom. The predicted molar refractivity (Wildman–Crippen MR) is 73.7 cm³/mol. The van der Waals surface area contributed by atoms with Crippen LogP contribution in [0.25, 0.3) is 0 Å². The number of nitrogens with zero attached hydrogens (tertiary/aromatic N) is 3. The van der Waals surface area contributed by atoms with E-state index >= 15 is 0 Å². The Bertz CT molecular complexity index is 516. The summed E-state index contributed by atoms with van der Waals surface area (Å²) in [4.78, 5) is 10.4. The number of hydrogen-bond acceptors (Lipinski definition) is 3. The Balaban J connectivity index is 2.32. The predicted octanol–water partition coefficient (Wildman–Crippen LogP) is 3.67. The van der Waals surface area contributed by atoms with E-state index in [4.69, 9.17) is 0 Å². The van der Waals surface area contributed by atoms with Gasteiger partial charge < -0.3 is 4.90 Å². The van der Waals surface area contributed by atoms with Crippen molar-refractivity contribution >= 4 is 27.6 Å². The zero-order chi connectivity index (χ0) is 13.0. The Morgan fingerprint density at radius 2 is 2.00 bits per heavy atom. The summed E-state index contributed by atoms with van der Waals surface area (Å²) in [6.07, 6.45) is 3.53. The SMILES string of the molecule is CCN(c1cccc(F)c1)c1ncc(CBr)cn1. The molecule has 0 saturated heterocycles. The summed E-state index contributed by atoms with van der Waals surface area (Å²) in [5, 5.41) is 0.722. The van der Waals surface area contributed by atoms with Crippen LogP contribution in [0.5, 0.6) is 0 Å². The third-order valence-corrected chi connectivity index (χ3v) is 3.17. The molecule has 1 aromatic heterocycles. The first-order chi connectivity index (χ1) is 8.74. The quantitative estimate of drug-likeness (QED) is 0.807. The van der Waals surface area contributed by atoms with Crippen LogP contribution in [0, 0.1) is 5.82 Å². The fourth-order valence-electron chi connectivity index (χ4n) is 1.64. The topological polar surface area (TPSA) is 29.0 Å². The molecule has 0 aliphatic carbocycles. The normalized spacial score (nSPS) is 10.4. The molecule has 94 valence electrons. The molecule has 0 atom stereocenters. The van der Waals surface area contributed by atoms with Crippen LogP contribution in [0.1, 0.15) is 12.5 Å². The third-order valence-electron chi connectivity index (χ3n) is 2.52. The van der Waals surface area contributed by atoms with E-state index in [1.807, 2.05) is 17.9 Å². The summed E-state index contributed by atoms with van der Waals surface area (Å²) in [7, 11) is 0. The minimum absolute atomic E-state index is 0.261. The van der Waals surface area contributed by atoms with Crippen molar-refractivity contribution in [2.75, 3.05) is 11.4 Å². The molecule has 0 bridgehead atoms. The molecule has 0 radical (unpaired) electrons. The second-order valence-corrected chi connectivity index (χ2v) is 4.31. The smallest absolute Gasteiger partial charge is 0.229 e. The summed E-state index contributed by atoms with van der Waals surface area (Å²) >= 11 is 3.35. The zero-order valence-electron chi connectivity index (χ0n) is 9.98. The molecular weight excluding hydrogens is 297 g/mol. The molecule has 0 fully saturated rings. The summed E-state index contributed by atoms with van der Waals surface area (Å²) in [6, 6.07) is 6.42. The van der Waals surface area contributed by atoms with Crippen molar-refractivity contribution < 1.29 is 4.39 Å². The van der Waals surface area contributed by atoms with Gasteiger partial charge in [-0.2, -0.15) is 0 Å². The number of aromatic nitrogens is 2. The van der Waals surface area contributed by atoms with Crippen molar-refractivity contribution in [3.63, 3.8) is 0 Å². The average Bonchev–Trinajstić information content (AvgIpc) is 2.40. The summed E-state index contributed by atoms with van der Waals surface area (Å²) in [5.41, 5.74) is 1.76. The molecule has 0 spiro atoms. The highest BCUT2D eigenvalue weighted by Crippen LogP contribution is 2.22. The van der Waals surface area contributed by atoms with Gasteiger partial charge >= 0.3 is 0 Å². The minimum Gasteiger partial charge on any atom is -0.311 e. The van der Waals surface area contributed by atoms with Crippen LogP contribution >= 0.6 is 15.9 Å². The van der Waals surface area contributed by atoms with Gasteiger partial charge in [-0.05, 0) is 30.7 Å². The number of anilines is 2. The van der Waals surface area contributed by atoms with Gasteiger partial charge in [0.05, 0.1) is 0 Å². The first-order valence-electron chi connectivity index (χ1n) is 5.64. The summed E-state index contributed by atoms with van der Waals surface area (Å²) in [5.74, 6) is 0.316. The largest absolute Gasteiger partial charge is 0.311 e. The first-order valence-corrected chi connectivity index (χ1v) is 6.76. The summed E-state index contributed by atoms with van der Waals surface area (Å²) < 4.78 is 13.2. The molecule has 0 aliphatic rings. The van der Waals surface area contributed by atoms with Crippen molar-refractivity contribution in [1.82, 2.24) is 9.97 Å². The summed E-state index contributed by atoms with van der Waals surface area (Å²) in [6.45, 7) is 2.66. The maximum atomic E-state index is 13.2. The number of hydrogen-bond donors (Lipinski definition) is 0. The molecular formula is C13H13BrFN3. The lowest BCUT2D eigenvalue weighted by atomic mass is 10.3. The number of alkyl halides is 1. The average molecular weight is 310 g/mol. The molecule has 0 N–H and O–H groups in total. The molecule has 1 heterocycles. The van der Waals surface area contributed by atoms with E-state index < -0.39 is 0 Å². The monoisotopic (exact) mass is 309 g/mol. The lowest BCUT2D eigenvalue weighted by molar-refractivity contribution is 0.627. The molecule has 0 saturated carbocycles. The van der Waals surface area contributed by atoms with Crippen molar-refractivity contribution in [2.24, 2.45) is 0 Å². The standard InChI is InChI=1S/C13H13BrFN3/c1-2-18(12-5-3-4-11(15)6-12)13-16-8-10(7-14)9-17-13/h3-6,8-9H,2,7H2,1H3. The third kappa shape index (κ3) is 2.85. The minimum atomic E-state index is -0.261. The molecule has 1 aromatic carbocycles. The van der Waals surface area contributed by atoms with Crippen molar-refractivity contribution in [2.45, 2.75) is 12.3 Å². The van der Waals surface area contributed by atoms with Gasteiger partial charge in [0.2, 0.25) is 5.95 Å². The molecule has 3 nitrogen and oxygen atoms in total. The molecule has 2 aromatic rings. The van der Waals surface area contributed by atoms with E-state index in [-0.39, 0.29) is 5.82 Å². The van der Waals surface area contributed by atoms with Gasteiger partial charge in [-0.3, -0.25) is 0 Å². The maximum Gasteiger partial charge on any atom is 0.229 e. The van der Waals surface area contributed by atoms with Crippen molar-refractivity contribution in [3.8, 4) is 0 Å². The van der Waals surface area contributed by atoms with Crippen LogP contribution < -0.4 is 4.90 Å². The fraction of sp³-hybridized carbons (Fsp3) is 0.231. The Morgan fingerprint density at radius 3 is 2.56 bits per heavy atom. The highest BCUT2D eigenvalue weighted by atomic mass is 79.9. The van der Waals surface area contributed by atoms with E-state index in [9.17, 15) is 4.39 Å². The lowest BCUT2D eigenvalue weighted by Crippen LogP contribution is -2.18. The van der Waals surface area contributed by atoms with Crippen LogP contribution in [-0.2, 0) is 5.33 Å². The number of benzene rings is 1. The van der Waals surface area contributed by atoms with Crippen LogP contribution in [0.4, 0.5) is 16.0 Å². The van der Waals surface area contributed by atoms with Gasteiger partial charge in [0.1, 0.15) is 5.82 Å². The lowest BCUT2D eigenvalue weighted by Gasteiger charge is -2.20. The van der Waals surface area contributed by atoms with Gasteiger partial charge in [-0.25, -0.2) is 14.4 Å². The van der Waals surface area contributed by atoms with Crippen molar-refractivity contribution in [3.05, 3.63) is 48.0 Å². The van der Waals surface area contributed by atoms with Gasteiger partial charge in [0.25, 0.3) is 0 Å². The zero-order valence-corrected chi connectivity index (χ0v) is 11.6. The van der Waals surface area contributed by atoms with Crippen LogP contribution in [-0.4, -0.2) is 16.5 Å². The second-order valence-electron chi connectivity index (χ2n) is 3.75. The second kappa shape index (κ2) is 5.91. The molecule has 5 heteroatoms. The number of rotatable bonds is 4. The molecule has 0 unspecified atom stereocenters. The first kappa shape index (κ1) is 13.0. The highest BCUT2D eigenvalue weighted by Gasteiger charge is 2.10. The van der Waals surface area contributed by atoms with E-state index in [0.717, 1.165) is 16.6 Å². The van der Waals surface area contributed by atoms with Gasteiger partial charge in [-0.1, -0.05) is 22.0 Å². The van der Waals surface area contributed by atoms with E-state index in [2.05, 4.69) is 25.9 Å². The van der Waals surface area contributed by atoms with E-state index in [1.165, 1.54) is 12.1 Å². The fourth-order valence-corrected chi connectivity index (χ4v) is 1.93. The van der Waals surface area contributed by atoms with Crippen LogP contribution in [0.3, 0.4) is 0 Å². The van der Waals surface area contributed by atoms with Crippen LogP contribution in [0.2, 0.25) is 0 Å². The Kier molecular flexibility index (Phi) is 4.25. The van der Waals surface area contributed by atoms with Crippen LogP contribution in [0.15, 0.2) is 36.7 Å². The van der Waals surface area contributed by atoms with Gasteiger partial charge in [0.15, 0.2) is 0 Å². The van der Waals surface area contributed by atoms with Gasteiger partial charge in [0, 0.05) is 30.0 Å². The highest BCUT2D eigenvalue weighted by molar-refractivity contribution is 9.08. The molecule has 0 aliphatic heterocycles. The molecule has 0 amide bonds. The Labute approximate surface area is 114 Å².